The van der Waals surface area contributed by atoms with Crippen LogP contribution in [0.15, 0.2) is 30.3 Å². The molecule has 0 aliphatic heterocycles. The fourth-order valence-corrected chi connectivity index (χ4v) is 1.12. The lowest BCUT2D eigenvalue weighted by molar-refractivity contribution is 1.41. The van der Waals surface area contributed by atoms with Crippen molar-refractivity contribution in [3.8, 4) is 0 Å². The van der Waals surface area contributed by atoms with Crippen molar-refractivity contribution in [1.29, 1.82) is 0 Å². The zero-order valence-electron chi connectivity index (χ0n) is 5.71. The summed E-state index contributed by atoms with van der Waals surface area (Å²) >= 11 is 5.68. The van der Waals surface area contributed by atoms with Gasteiger partial charge in [0.1, 0.15) is 5.15 Å². The minimum Gasteiger partial charge on any atom is -0.236 e. The van der Waals surface area contributed by atoms with Crippen LogP contribution in [-0.2, 0) is 0 Å². The van der Waals surface area contributed by atoms with Crippen LogP contribution >= 0.6 is 11.6 Å². The molecule has 53 valence electrons. The Hall–Kier alpha value is -1.08. The molecule has 0 aliphatic carbocycles. The molecule has 0 atom stereocenters. The summed E-state index contributed by atoms with van der Waals surface area (Å²) < 4.78 is 0. The number of hydrogen-bond acceptors (Lipinski definition) is 1. The van der Waals surface area contributed by atoms with Crippen LogP contribution in [0.25, 0.3) is 10.9 Å². The van der Waals surface area contributed by atoms with E-state index in [0.717, 1.165) is 10.9 Å². The molecule has 1 nitrogen and oxygen atoms in total. The number of para-hydroxylation sites is 1. The summed E-state index contributed by atoms with van der Waals surface area (Å²) in [5, 5.41) is 1.49. The summed E-state index contributed by atoms with van der Waals surface area (Å²) in [4.78, 5) is 4.11. The van der Waals surface area contributed by atoms with E-state index >= 15 is 0 Å². The number of benzene rings is 1. The summed E-state index contributed by atoms with van der Waals surface area (Å²) in [5.74, 6) is 0. The third kappa shape index (κ3) is 1.19. The van der Waals surface area contributed by atoms with Gasteiger partial charge in [0.25, 0.3) is 0 Å². The van der Waals surface area contributed by atoms with Gasteiger partial charge in [-0.25, -0.2) is 4.98 Å². The molecular formula is C9H5ClN. The van der Waals surface area contributed by atoms with Crippen LogP contribution in [0.3, 0.4) is 0 Å². The van der Waals surface area contributed by atoms with E-state index in [4.69, 9.17) is 11.6 Å². The molecule has 2 aromatic rings. The van der Waals surface area contributed by atoms with Gasteiger partial charge in [0.15, 0.2) is 0 Å². The highest BCUT2D eigenvalue weighted by Crippen LogP contribution is 2.13. The van der Waals surface area contributed by atoms with Crippen LogP contribution in [0.4, 0.5) is 0 Å². The van der Waals surface area contributed by atoms with Crippen molar-refractivity contribution in [2.45, 2.75) is 0 Å². The van der Waals surface area contributed by atoms with E-state index in [1.54, 1.807) is 6.07 Å². The predicted octanol–water partition coefficient (Wildman–Crippen LogP) is 2.69. The smallest absolute Gasteiger partial charge is 0.130 e. The Labute approximate surface area is 69.6 Å². The highest BCUT2D eigenvalue weighted by Gasteiger charge is 1.92. The number of rotatable bonds is 0. The van der Waals surface area contributed by atoms with Gasteiger partial charge in [0.2, 0.25) is 0 Å². The number of pyridine rings is 1. The van der Waals surface area contributed by atoms with Gasteiger partial charge in [-0.05, 0) is 18.2 Å². The van der Waals surface area contributed by atoms with Crippen molar-refractivity contribution in [1.82, 2.24) is 4.98 Å². The van der Waals surface area contributed by atoms with Gasteiger partial charge in [-0.15, -0.1) is 0 Å². The molecule has 0 amide bonds. The van der Waals surface area contributed by atoms with Crippen molar-refractivity contribution in [2.75, 3.05) is 0 Å². The quantitative estimate of drug-likeness (QED) is 0.543. The van der Waals surface area contributed by atoms with Gasteiger partial charge >= 0.3 is 0 Å². The minimum absolute atomic E-state index is 0.490. The number of nitrogens with zero attached hydrogens (tertiary/aromatic N) is 1. The number of fused-ring (bicyclic) bond motifs is 1. The first-order chi connectivity index (χ1) is 5.36. The summed E-state index contributed by atoms with van der Waals surface area (Å²) in [6, 6.07) is 12.4. The van der Waals surface area contributed by atoms with Gasteiger partial charge in [0, 0.05) is 5.39 Å². The Kier molecular flexibility index (Phi) is 1.51. The number of aromatic nitrogens is 1. The zero-order valence-corrected chi connectivity index (χ0v) is 6.47. The maximum absolute atomic E-state index is 5.68. The Morgan fingerprint density at radius 3 is 3.00 bits per heavy atom. The van der Waals surface area contributed by atoms with E-state index < -0.39 is 0 Å². The van der Waals surface area contributed by atoms with Crippen LogP contribution in [0.2, 0.25) is 5.15 Å². The largest absolute Gasteiger partial charge is 0.236 e. The Balaban J connectivity index is 2.83. The Morgan fingerprint density at radius 1 is 1.27 bits per heavy atom. The fourth-order valence-electron chi connectivity index (χ4n) is 0.978. The van der Waals surface area contributed by atoms with Crippen LogP contribution in [-0.4, -0.2) is 4.98 Å². The van der Waals surface area contributed by atoms with Crippen LogP contribution in [0, 0.1) is 6.07 Å². The van der Waals surface area contributed by atoms with Crippen molar-refractivity contribution in [3.05, 3.63) is 41.6 Å². The molecule has 0 saturated heterocycles. The van der Waals surface area contributed by atoms with Gasteiger partial charge < -0.3 is 0 Å². The van der Waals surface area contributed by atoms with E-state index in [2.05, 4.69) is 11.1 Å². The molecule has 0 N–H and O–H groups in total. The summed E-state index contributed by atoms with van der Waals surface area (Å²) in [7, 11) is 0. The second-order valence-corrected chi connectivity index (χ2v) is 2.63. The molecule has 0 saturated carbocycles. The first-order valence-corrected chi connectivity index (χ1v) is 3.67. The average molecular weight is 163 g/mol. The maximum Gasteiger partial charge on any atom is 0.130 e. The molecule has 0 unspecified atom stereocenters. The van der Waals surface area contributed by atoms with Crippen molar-refractivity contribution in [2.24, 2.45) is 0 Å². The lowest BCUT2D eigenvalue weighted by atomic mass is 10.2. The van der Waals surface area contributed by atoms with Gasteiger partial charge in [-0.1, -0.05) is 29.8 Å². The van der Waals surface area contributed by atoms with Gasteiger partial charge in [0.05, 0.1) is 5.52 Å². The summed E-state index contributed by atoms with van der Waals surface area (Å²) in [5.41, 5.74) is 0.889. The molecular weight excluding hydrogens is 158 g/mol. The van der Waals surface area contributed by atoms with Gasteiger partial charge in [-0.2, -0.15) is 0 Å². The molecule has 0 spiro atoms. The summed E-state index contributed by atoms with van der Waals surface area (Å²) in [6.45, 7) is 0. The number of hydrogen-bond donors (Lipinski definition) is 0. The average Bonchev–Trinajstić information content (AvgIpc) is 2.04. The second kappa shape index (κ2) is 2.51. The monoisotopic (exact) mass is 162 g/mol. The van der Waals surface area contributed by atoms with Crippen molar-refractivity contribution in [3.63, 3.8) is 0 Å². The van der Waals surface area contributed by atoms with Crippen molar-refractivity contribution >= 4 is 22.5 Å². The van der Waals surface area contributed by atoms with Crippen LogP contribution < -0.4 is 0 Å². The second-order valence-electron chi connectivity index (χ2n) is 2.24. The maximum atomic E-state index is 5.68. The molecule has 1 aromatic carbocycles. The first-order valence-electron chi connectivity index (χ1n) is 3.29. The Bertz CT molecular complexity index is 384. The Morgan fingerprint density at radius 2 is 2.09 bits per heavy atom. The predicted molar refractivity (Wildman–Crippen MR) is 45.6 cm³/mol. The molecule has 1 aromatic heterocycles. The zero-order chi connectivity index (χ0) is 7.68. The fraction of sp³-hybridized carbons (Fsp3) is 0. The third-order valence-electron chi connectivity index (χ3n) is 1.48. The van der Waals surface area contributed by atoms with Gasteiger partial charge in [-0.3, -0.25) is 0 Å². The molecule has 1 heterocycles. The lowest BCUT2D eigenvalue weighted by Gasteiger charge is -1.94. The minimum atomic E-state index is 0.490. The van der Waals surface area contributed by atoms with E-state index in [0.29, 0.717) is 5.15 Å². The van der Waals surface area contributed by atoms with Crippen LogP contribution in [0.5, 0.6) is 0 Å². The first kappa shape index (κ1) is 6.62. The highest BCUT2D eigenvalue weighted by atomic mass is 35.5. The van der Waals surface area contributed by atoms with E-state index in [9.17, 15) is 0 Å². The normalized spacial score (nSPS) is 10.3. The lowest BCUT2D eigenvalue weighted by Crippen LogP contribution is -1.77. The third-order valence-corrected chi connectivity index (χ3v) is 1.67. The van der Waals surface area contributed by atoms with Crippen LogP contribution in [0.1, 0.15) is 0 Å². The topological polar surface area (TPSA) is 12.9 Å². The molecule has 0 fully saturated rings. The standard InChI is InChI=1S/C9H5ClN/c10-9-6-5-7-3-1-2-4-8(7)11-9/h1-4,6H. The van der Waals surface area contributed by atoms with Crippen molar-refractivity contribution < 1.29 is 0 Å². The molecule has 2 heteroatoms. The molecule has 0 bridgehead atoms. The number of halogens is 1. The molecule has 11 heavy (non-hydrogen) atoms. The molecule has 1 radical (unpaired) electrons. The summed E-state index contributed by atoms with van der Waals surface area (Å²) in [6.07, 6.45) is 0. The van der Waals surface area contributed by atoms with E-state index in [-0.39, 0.29) is 0 Å². The highest BCUT2D eigenvalue weighted by molar-refractivity contribution is 6.29. The molecule has 0 aliphatic rings. The SMILES string of the molecule is Clc1c[c]c2ccccc2n1. The molecule has 2 rings (SSSR count). The van der Waals surface area contributed by atoms with E-state index in [1.807, 2.05) is 24.3 Å². The van der Waals surface area contributed by atoms with E-state index in [1.165, 1.54) is 0 Å².